The van der Waals surface area contributed by atoms with E-state index in [4.69, 9.17) is 4.55 Å². The van der Waals surface area contributed by atoms with E-state index in [0.717, 1.165) is 6.42 Å². The molecule has 92 valence electrons. The number of ketones is 1. The van der Waals surface area contributed by atoms with E-state index < -0.39 is 21.3 Å². The van der Waals surface area contributed by atoms with E-state index >= 15 is 0 Å². The molecular weight excluding hydrogens is 296 g/mol. The Morgan fingerprint density at radius 3 is 2.44 bits per heavy atom. The maximum absolute atomic E-state index is 12.2. The smallest absolute Gasteiger partial charge is 0.265 e. The number of carbonyl (C=O) groups is 1. The summed E-state index contributed by atoms with van der Waals surface area (Å²) < 4.78 is 31.2. The molecule has 0 saturated heterocycles. The van der Waals surface area contributed by atoms with Crippen LogP contribution in [-0.2, 0) is 14.9 Å². The van der Waals surface area contributed by atoms with Gasteiger partial charge in [0.1, 0.15) is 0 Å². The Kier molecular flexibility index (Phi) is 2.58. The fraction of sp³-hybridized carbons (Fsp3) is 0.900. The number of hydrogen-bond donors (Lipinski definition) is 1. The highest BCUT2D eigenvalue weighted by atomic mass is 79.9. The standard InChI is InChI=1S/C10H15BrO4S/c1-9(2)6-3-4-10(9,5-16(13,14)15)8(12)7(6)11/h6-7H,3-5H2,1-2H3,(H,13,14,15)/t6?,7-,10?/m0/s1. The number of fused-ring (bicyclic) bond motifs is 2. The molecule has 16 heavy (non-hydrogen) atoms. The van der Waals surface area contributed by atoms with Crippen LogP contribution in [0.2, 0.25) is 0 Å². The summed E-state index contributed by atoms with van der Waals surface area (Å²) in [6, 6.07) is 0. The van der Waals surface area contributed by atoms with Gasteiger partial charge in [-0.2, -0.15) is 8.42 Å². The van der Waals surface area contributed by atoms with Crippen molar-refractivity contribution in [2.75, 3.05) is 5.75 Å². The van der Waals surface area contributed by atoms with Crippen LogP contribution >= 0.6 is 15.9 Å². The molecule has 2 rings (SSSR count). The molecule has 1 N–H and O–H groups in total. The molecule has 0 aromatic carbocycles. The summed E-state index contributed by atoms with van der Waals surface area (Å²) in [5.74, 6) is -0.335. The third kappa shape index (κ3) is 1.42. The molecule has 4 nitrogen and oxygen atoms in total. The predicted octanol–water partition coefficient (Wildman–Crippen LogP) is 1.64. The highest BCUT2D eigenvalue weighted by molar-refractivity contribution is 9.10. The van der Waals surface area contributed by atoms with Gasteiger partial charge in [-0.25, -0.2) is 0 Å². The third-order valence-corrected chi connectivity index (χ3v) is 6.46. The monoisotopic (exact) mass is 310 g/mol. The van der Waals surface area contributed by atoms with E-state index in [0.29, 0.717) is 6.42 Å². The molecule has 0 radical (unpaired) electrons. The van der Waals surface area contributed by atoms with E-state index in [-0.39, 0.29) is 21.9 Å². The van der Waals surface area contributed by atoms with E-state index in [2.05, 4.69) is 15.9 Å². The summed E-state index contributed by atoms with van der Waals surface area (Å²) in [7, 11) is -4.12. The number of carbonyl (C=O) groups excluding carboxylic acids is 1. The van der Waals surface area contributed by atoms with Crippen LogP contribution < -0.4 is 0 Å². The van der Waals surface area contributed by atoms with Crippen molar-refractivity contribution in [3.8, 4) is 0 Å². The maximum atomic E-state index is 12.2. The number of halogens is 1. The fourth-order valence-electron chi connectivity index (χ4n) is 3.48. The van der Waals surface area contributed by atoms with Crippen molar-refractivity contribution < 1.29 is 17.8 Å². The van der Waals surface area contributed by atoms with Gasteiger partial charge in [0.25, 0.3) is 10.1 Å². The molecule has 2 unspecified atom stereocenters. The Labute approximate surface area is 104 Å². The maximum Gasteiger partial charge on any atom is 0.265 e. The van der Waals surface area contributed by atoms with Gasteiger partial charge in [0.05, 0.1) is 16.0 Å². The lowest BCUT2D eigenvalue weighted by atomic mass is 9.70. The van der Waals surface area contributed by atoms with E-state index in [1.54, 1.807) is 0 Å². The lowest BCUT2D eigenvalue weighted by molar-refractivity contribution is -0.127. The number of rotatable bonds is 2. The van der Waals surface area contributed by atoms with Gasteiger partial charge >= 0.3 is 0 Å². The first kappa shape index (κ1) is 12.5. The molecule has 6 heteroatoms. The first-order valence-electron chi connectivity index (χ1n) is 5.25. The normalized spacial score (nSPS) is 41.6. The molecule has 2 bridgehead atoms. The average molecular weight is 311 g/mol. The van der Waals surface area contributed by atoms with Crippen molar-refractivity contribution in [1.29, 1.82) is 0 Å². The van der Waals surface area contributed by atoms with Gasteiger partial charge in [-0.05, 0) is 24.2 Å². The zero-order valence-corrected chi connectivity index (χ0v) is 11.6. The van der Waals surface area contributed by atoms with Gasteiger partial charge in [0, 0.05) is 0 Å². The van der Waals surface area contributed by atoms with Gasteiger partial charge in [-0.1, -0.05) is 29.8 Å². The Morgan fingerprint density at radius 1 is 1.50 bits per heavy atom. The second-order valence-corrected chi connectivity index (χ2v) is 7.88. The average Bonchev–Trinajstić information content (AvgIpc) is 2.39. The minimum atomic E-state index is -4.12. The van der Waals surface area contributed by atoms with Crippen molar-refractivity contribution >= 4 is 31.8 Å². The Hall–Kier alpha value is 0.0600. The summed E-state index contributed by atoms with van der Waals surface area (Å²) in [5, 5.41) is 0. The van der Waals surface area contributed by atoms with Crippen molar-refractivity contribution in [3.05, 3.63) is 0 Å². The first-order valence-corrected chi connectivity index (χ1v) is 7.78. The third-order valence-electron chi connectivity index (χ3n) is 4.55. The van der Waals surface area contributed by atoms with Crippen LogP contribution in [0.1, 0.15) is 26.7 Å². The molecule has 0 amide bonds. The topological polar surface area (TPSA) is 71.4 Å². The second kappa shape index (κ2) is 3.29. The molecule has 2 aliphatic rings. The molecule has 0 aromatic heterocycles. The Bertz CT molecular complexity index is 442. The van der Waals surface area contributed by atoms with Gasteiger partial charge in [-0.15, -0.1) is 0 Å². The molecule has 3 atom stereocenters. The summed E-state index contributed by atoms with van der Waals surface area (Å²) in [5.41, 5.74) is -1.27. The van der Waals surface area contributed by atoms with Crippen molar-refractivity contribution in [2.24, 2.45) is 16.7 Å². The minimum Gasteiger partial charge on any atom is -0.298 e. The van der Waals surface area contributed by atoms with E-state index in [1.807, 2.05) is 13.8 Å². The Morgan fingerprint density at radius 2 is 2.06 bits per heavy atom. The number of Topliss-reactive ketones (excluding diaryl/α,β-unsaturated/α-hetero) is 1. The van der Waals surface area contributed by atoms with Crippen LogP contribution in [0.25, 0.3) is 0 Å². The molecular formula is C10H15BrO4S. The summed E-state index contributed by atoms with van der Waals surface area (Å²) in [6.07, 6.45) is 1.40. The first-order chi connectivity index (χ1) is 7.12. The molecule has 0 aromatic rings. The highest BCUT2D eigenvalue weighted by Gasteiger charge is 2.69. The Balaban J connectivity index is 2.50. The lowest BCUT2D eigenvalue weighted by Gasteiger charge is -2.35. The van der Waals surface area contributed by atoms with Gasteiger partial charge in [-0.3, -0.25) is 9.35 Å². The van der Waals surface area contributed by atoms with Crippen LogP contribution in [0.5, 0.6) is 0 Å². The molecule has 2 fully saturated rings. The predicted molar refractivity (Wildman–Crippen MR) is 63.1 cm³/mol. The van der Waals surface area contributed by atoms with Gasteiger partial charge in [0.15, 0.2) is 5.78 Å². The molecule has 0 heterocycles. The quantitative estimate of drug-likeness (QED) is 0.622. The van der Waals surface area contributed by atoms with Gasteiger partial charge in [0.2, 0.25) is 0 Å². The fourth-order valence-corrected chi connectivity index (χ4v) is 6.12. The summed E-state index contributed by atoms with van der Waals surface area (Å²) in [6.45, 7) is 3.85. The molecule has 2 aliphatic carbocycles. The van der Waals surface area contributed by atoms with Crippen LogP contribution in [0.4, 0.5) is 0 Å². The van der Waals surface area contributed by atoms with Crippen molar-refractivity contribution in [2.45, 2.75) is 31.5 Å². The minimum absolute atomic E-state index is 0.0635. The molecule has 0 aliphatic heterocycles. The number of alkyl halides is 1. The highest BCUT2D eigenvalue weighted by Crippen LogP contribution is 2.65. The van der Waals surface area contributed by atoms with Crippen LogP contribution in [-0.4, -0.2) is 29.3 Å². The van der Waals surface area contributed by atoms with E-state index in [9.17, 15) is 13.2 Å². The van der Waals surface area contributed by atoms with Gasteiger partial charge < -0.3 is 0 Å². The zero-order valence-electron chi connectivity index (χ0n) is 9.23. The second-order valence-electron chi connectivity index (χ2n) is 5.44. The largest absolute Gasteiger partial charge is 0.298 e. The van der Waals surface area contributed by atoms with Crippen LogP contribution in [0.3, 0.4) is 0 Å². The van der Waals surface area contributed by atoms with Crippen molar-refractivity contribution in [1.82, 2.24) is 0 Å². The zero-order chi connectivity index (χ0) is 12.4. The lowest BCUT2D eigenvalue weighted by Crippen LogP contribution is -2.43. The molecule has 0 spiro atoms. The van der Waals surface area contributed by atoms with E-state index in [1.165, 1.54) is 0 Å². The summed E-state index contributed by atoms with van der Waals surface area (Å²) >= 11 is 3.35. The van der Waals surface area contributed by atoms with Crippen LogP contribution in [0, 0.1) is 16.7 Å². The SMILES string of the molecule is CC1(C)C2CCC1(CS(=O)(=O)O)C(=O)[C@H]2Br. The van der Waals surface area contributed by atoms with Crippen molar-refractivity contribution in [3.63, 3.8) is 0 Å². The van der Waals surface area contributed by atoms with Crippen LogP contribution in [0.15, 0.2) is 0 Å². The number of hydrogen-bond acceptors (Lipinski definition) is 3. The summed E-state index contributed by atoms with van der Waals surface area (Å²) in [4.78, 5) is 11.9. The molecule has 2 saturated carbocycles.